The number of nitrogens with one attached hydrogen (secondary N) is 1. The molecule has 152 valence electrons. The Bertz CT molecular complexity index is 727. The van der Waals surface area contributed by atoms with Gasteiger partial charge in [0.15, 0.2) is 0 Å². The molecule has 0 aliphatic carbocycles. The van der Waals surface area contributed by atoms with E-state index in [2.05, 4.69) is 5.32 Å². The number of hydrogen-bond donors (Lipinski definition) is 1. The maximum Gasteiger partial charge on any atom is 0.317 e. The Morgan fingerprint density at radius 1 is 1.11 bits per heavy atom. The van der Waals surface area contributed by atoms with Crippen LogP contribution in [0.4, 0.5) is 9.18 Å². The molecule has 1 aromatic carbocycles. The number of carbonyl (C=O) groups excluding carboxylic acids is 2. The normalized spacial score (nSPS) is 25.9. The lowest BCUT2D eigenvalue weighted by molar-refractivity contribution is -0.000506. The Hall–Kier alpha value is -2.15. The van der Waals surface area contributed by atoms with Crippen LogP contribution in [-0.4, -0.2) is 67.2 Å². The minimum absolute atomic E-state index is 0.0127. The second kappa shape index (κ2) is 8.07. The van der Waals surface area contributed by atoms with Gasteiger partial charge in [0.25, 0.3) is 5.91 Å². The number of amides is 3. The molecule has 1 spiro atoms. The highest BCUT2D eigenvalue weighted by Crippen LogP contribution is 2.38. The van der Waals surface area contributed by atoms with Crippen LogP contribution >= 0.6 is 0 Å². The number of urea groups is 1. The number of piperidine rings is 1. The van der Waals surface area contributed by atoms with E-state index in [9.17, 15) is 14.0 Å². The van der Waals surface area contributed by atoms with E-state index in [0.717, 1.165) is 45.6 Å². The third kappa shape index (κ3) is 3.99. The maximum absolute atomic E-state index is 13.8. The molecule has 6 nitrogen and oxygen atoms in total. The highest BCUT2D eigenvalue weighted by molar-refractivity contribution is 5.94. The van der Waals surface area contributed by atoms with E-state index in [-0.39, 0.29) is 29.0 Å². The minimum atomic E-state index is -0.488. The number of likely N-dealkylation sites (tertiary alicyclic amines) is 2. The van der Waals surface area contributed by atoms with Crippen LogP contribution in [0.1, 0.15) is 42.5 Å². The Balaban J connectivity index is 1.26. The summed E-state index contributed by atoms with van der Waals surface area (Å²) in [6.45, 7) is 4.18. The number of carbonyl (C=O) groups is 2. The molecular weight excluding hydrogens is 361 g/mol. The molecule has 3 saturated heterocycles. The molecule has 1 N–H and O–H groups in total. The molecule has 4 rings (SSSR count). The zero-order valence-electron chi connectivity index (χ0n) is 16.2. The predicted molar refractivity (Wildman–Crippen MR) is 103 cm³/mol. The second-order valence-corrected chi connectivity index (χ2v) is 8.32. The fraction of sp³-hybridized carbons (Fsp3) is 0.619. The van der Waals surface area contributed by atoms with Gasteiger partial charge in [0.2, 0.25) is 0 Å². The van der Waals surface area contributed by atoms with Crippen molar-refractivity contribution in [3.05, 3.63) is 35.6 Å². The van der Waals surface area contributed by atoms with Crippen molar-refractivity contribution in [2.24, 2.45) is 5.41 Å². The molecule has 3 aliphatic heterocycles. The first-order valence-corrected chi connectivity index (χ1v) is 10.2. The summed E-state index contributed by atoms with van der Waals surface area (Å²) in [5.41, 5.74) is 0.257. The molecule has 7 heteroatoms. The van der Waals surface area contributed by atoms with Crippen molar-refractivity contribution in [3.8, 4) is 0 Å². The minimum Gasteiger partial charge on any atom is -0.381 e. The van der Waals surface area contributed by atoms with E-state index in [4.69, 9.17) is 4.74 Å². The van der Waals surface area contributed by atoms with Gasteiger partial charge in [0.05, 0.1) is 12.2 Å². The summed E-state index contributed by atoms with van der Waals surface area (Å²) < 4.78 is 19.5. The Labute approximate surface area is 165 Å². The summed E-state index contributed by atoms with van der Waals surface area (Å²) in [6, 6.07) is 6.11. The van der Waals surface area contributed by atoms with Crippen LogP contribution in [0.3, 0.4) is 0 Å². The zero-order valence-corrected chi connectivity index (χ0v) is 16.2. The molecule has 3 heterocycles. The van der Waals surface area contributed by atoms with E-state index in [1.165, 1.54) is 12.1 Å². The van der Waals surface area contributed by atoms with Crippen molar-refractivity contribution >= 4 is 11.9 Å². The Morgan fingerprint density at radius 3 is 2.61 bits per heavy atom. The number of halogens is 1. The maximum atomic E-state index is 13.8. The third-order valence-electron chi connectivity index (χ3n) is 6.34. The van der Waals surface area contributed by atoms with Crippen LogP contribution in [-0.2, 0) is 4.74 Å². The molecule has 3 aliphatic rings. The van der Waals surface area contributed by atoms with Gasteiger partial charge >= 0.3 is 6.03 Å². The summed E-state index contributed by atoms with van der Waals surface area (Å²) in [5.74, 6) is -0.765. The molecule has 0 saturated carbocycles. The van der Waals surface area contributed by atoms with Gasteiger partial charge in [-0.25, -0.2) is 9.18 Å². The average Bonchev–Trinajstić information content (AvgIpc) is 3.12. The molecule has 3 amide bonds. The van der Waals surface area contributed by atoms with Crippen LogP contribution in [0.2, 0.25) is 0 Å². The third-order valence-corrected chi connectivity index (χ3v) is 6.34. The molecular formula is C21H28FN3O3. The zero-order chi connectivity index (χ0) is 19.6. The molecule has 1 unspecified atom stereocenters. The van der Waals surface area contributed by atoms with Gasteiger partial charge in [-0.05, 0) is 44.2 Å². The number of hydrogen-bond acceptors (Lipinski definition) is 3. The van der Waals surface area contributed by atoms with Crippen molar-refractivity contribution in [2.75, 3.05) is 39.4 Å². The van der Waals surface area contributed by atoms with Gasteiger partial charge in [-0.1, -0.05) is 12.1 Å². The summed E-state index contributed by atoms with van der Waals surface area (Å²) in [5, 5.41) is 3.13. The summed E-state index contributed by atoms with van der Waals surface area (Å²) in [6.07, 6.45) is 4.59. The Kier molecular flexibility index (Phi) is 5.53. The van der Waals surface area contributed by atoms with Crippen molar-refractivity contribution < 1.29 is 18.7 Å². The van der Waals surface area contributed by atoms with E-state index in [1.807, 2.05) is 4.90 Å². The SMILES string of the molecule is O=C(NC1CCN(C(=O)c2ccccc2F)CC1)N1CCC2(CCCOC2)C1. The number of nitrogens with zero attached hydrogens (tertiary/aromatic N) is 2. The lowest BCUT2D eigenvalue weighted by Crippen LogP contribution is -2.50. The number of ether oxygens (including phenoxy) is 1. The predicted octanol–water partition coefficient (Wildman–Crippen LogP) is 2.64. The fourth-order valence-corrected chi connectivity index (χ4v) is 4.64. The summed E-state index contributed by atoms with van der Waals surface area (Å²) in [4.78, 5) is 28.8. The first kappa shape index (κ1) is 19.2. The fourth-order valence-electron chi connectivity index (χ4n) is 4.64. The first-order chi connectivity index (χ1) is 13.6. The summed E-state index contributed by atoms with van der Waals surface area (Å²) >= 11 is 0. The lowest BCUT2D eigenvalue weighted by Gasteiger charge is -2.34. The number of rotatable bonds is 2. The molecule has 0 aromatic heterocycles. The highest BCUT2D eigenvalue weighted by atomic mass is 19.1. The molecule has 1 aromatic rings. The van der Waals surface area contributed by atoms with Crippen LogP contribution in [0.25, 0.3) is 0 Å². The quantitative estimate of drug-likeness (QED) is 0.846. The highest BCUT2D eigenvalue weighted by Gasteiger charge is 2.41. The molecule has 28 heavy (non-hydrogen) atoms. The Morgan fingerprint density at radius 2 is 1.89 bits per heavy atom. The van der Waals surface area contributed by atoms with E-state index in [0.29, 0.717) is 25.9 Å². The molecule has 0 radical (unpaired) electrons. The molecule has 0 bridgehead atoms. The smallest absolute Gasteiger partial charge is 0.317 e. The lowest BCUT2D eigenvalue weighted by atomic mass is 9.82. The average molecular weight is 389 g/mol. The van der Waals surface area contributed by atoms with Gasteiger partial charge in [-0.3, -0.25) is 4.79 Å². The first-order valence-electron chi connectivity index (χ1n) is 10.2. The summed E-state index contributed by atoms with van der Waals surface area (Å²) in [7, 11) is 0. The number of benzene rings is 1. The van der Waals surface area contributed by atoms with Crippen LogP contribution in [0.5, 0.6) is 0 Å². The van der Waals surface area contributed by atoms with Gasteiger partial charge < -0.3 is 19.9 Å². The monoisotopic (exact) mass is 389 g/mol. The van der Waals surface area contributed by atoms with E-state index >= 15 is 0 Å². The van der Waals surface area contributed by atoms with Crippen molar-refractivity contribution in [1.82, 2.24) is 15.1 Å². The molecule has 1 atom stereocenters. The topological polar surface area (TPSA) is 61.9 Å². The van der Waals surface area contributed by atoms with Crippen molar-refractivity contribution in [1.29, 1.82) is 0 Å². The largest absolute Gasteiger partial charge is 0.381 e. The van der Waals surface area contributed by atoms with Crippen molar-refractivity contribution in [3.63, 3.8) is 0 Å². The molecule has 3 fully saturated rings. The van der Waals surface area contributed by atoms with Gasteiger partial charge in [-0.2, -0.15) is 0 Å². The second-order valence-electron chi connectivity index (χ2n) is 8.32. The van der Waals surface area contributed by atoms with E-state index < -0.39 is 5.82 Å². The van der Waals surface area contributed by atoms with Crippen LogP contribution in [0, 0.1) is 11.2 Å². The van der Waals surface area contributed by atoms with Gasteiger partial charge in [0.1, 0.15) is 5.82 Å². The van der Waals surface area contributed by atoms with Crippen molar-refractivity contribution in [2.45, 2.75) is 38.1 Å². The standard InChI is InChI=1S/C21H28FN3O3/c22-18-5-2-1-4-17(18)19(26)24-10-6-16(7-11-24)23-20(27)25-12-9-21(14-25)8-3-13-28-15-21/h1-2,4-5,16H,3,6-15H2,(H,23,27). The van der Waals surface area contributed by atoms with E-state index in [1.54, 1.807) is 17.0 Å². The van der Waals surface area contributed by atoms with Crippen LogP contribution in [0.15, 0.2) is 24.3 Å². The van der Waals surface area contributed by atoms with Crippen LogP contribution < -0.4 is 5.32 Å². The van der Waals surface area contributed by atoms with Gasteiger partial charge in [0, 0.05) is 44.2 Å². The van der Waals surface area contributed by atoms with Gasteiger partial charge in [-0.15, -0.1) is 0 Å².